The van der Waals surface area contributed by atoms with Crippen LogP contribution in [0, 0.1) is 5.41 Å². The van der Waals surface area contributed by atoms with Gasteiger partial charge in [-0.1, -0.05) is 0 Å². The number of hydrogen-bond donors (Lipinski definition) is 4. The van der Waals surface area contributed by atoms with E-state index in [0.29, 0.717) is 35.7 Å². The number of nitrogens with zero attached hydrogens (tertiary/aromatic N) is 6. The molecule has 5 N–H and O–H groups in total. The molecule has 1 aromatic carbocycles. The summed E-state index contributed by atoms with van der Waals surface area (Å²) in [4.78, 5) is 29.7. The van der Waals surface area contributed by atoms with E-state index in [9.17, 15) is 4.79 Å². The van der Waals surface area contributed by atoms with Crippen LogP contribution in [0.4, 0.5) is 23.0 Å². The molecule has 1 spiro atoms. The number of likely N-dealkylation sites (N-methyl/N-ethyl adjacent to an activating group) is 1. The van der Waals surface area contributed by atoms with E-state index in [1.54, 1.807) is 6.20 Å². The number of piperidine rings is 1. The van der Waals surface area contributed by atoms with Crippen LogP contribution in [-0.4, -0.2) is 107 Å². The van der Waals surface area contributed by atoms with Gasteiger partial charge in [-0.25, -0.2) is 9.97 Å². The lowest BCUT2D eigenvalue weighted by Crippen LogP contribution is -2.52. The summed E-state index contributed by atoms with van der Waals surface area (Å²) in [5.74, 6) is 0.276. The summed E-state index contributed by atoms with van der Waals surface area (Å²) in [7, 11) is 2.21. The number of nitrogens with one attached hydrogen (secondary N) is 3. The van der Waals surface area contributed by atoms with Gasteiger partial charge in [0.1, 0.15) is 5.69 Å². The van der Waals surface area contributed by atoms with E-state index in [-0.39, 0.29) is 17.2 Å². The summed E-state index contributed by atoms with van der Waals surface area (Å²) in [6, 6.07) is 11.0. The van der Waals surface area contributed by atoms with E-state index >= 15 is 0 Å². The number of primary amides is 1. The van der Waals surface area contributed by atoms with Gasteiger partial charge >= 0.3 is 0 Å². The maximum Gasteiger partial charge on any atom is 0.271 e. The largest absolute Gasteiger partial charge is 0.381 e. The van der Waals surface area contributed by atoms with Gasteiger partial charge in [-0.2, -0.15) is 5.10 Å². The van der Waals surface area contributed by atoms with Crippen molar-refractivity contribution in [2.24, 2.45) is 11.1 Å². The van der Waals surface area contributed by atoms with Gasteiger partial charge in [0.05, 0.1) is 12.3 Å². The first-order valence-corrected chi connectivity index (χ1v) is 15.6. The van der Waals surface area contributed by atoms with Crippen LogP contribution in [0.25, 0.3) is 11.4 Å². The number of amides is 1. The van der Waals surface area contributed by atoms with E-state index in [4.69, 9.17) is 20.4 Å². The lowest BCUT2D eigenvalue weighted by atomic mass is 9.92. The molecule has 3 aromatic rings. The van der Waals surface area contributed by atoms with Gasteiger partial charge < -0.3 is 30.9 Å². The van der Waals surface area contributed by atoms with Crippen LogP contribution < -0.4 is 21.3 Å². The van der Waals surface area contributed by atoms with Crippen molar-refractivity contribution in [2.45, 2.75) is 44.2 Å². The van der Waals surface area contributed by atoms with Gasteiger partial charge in [0.2, 0.25) is 0 Å². The molecule has 3 aliphatic heterocycles. The monoisotopic (exact) mass is 586 g/mol. The van der Waals surface area contributed by atoms with Crippen molar-refractivity contribution in [2.75, 3.05) is 75.1 Å². The van der Waals surface area contributed by atoms with Crippen molar-refractivity contribution in [3.63, 3.8) is 0 Å². The zero-order valence-electron chi connectivity index (χ0n) is 24.9. The Morgan fingerprint density at radius 3 is 2.44 bits per heavy atom. The molecule has 5 heterocycles. The van der Waals surface area contributed by atoms with Crippen LogP contribution in [0.15, 0.2) is 36.5 Å². The van der Waals surface area contributed by atoms with E-state index in [2.05, 4.69) is 54.7 Å². The number of ether oxygens (including phenoxy) is 1. The zero-order chi connectivity index (χ0) is 29.4. The highest BCUT2D eigenvalue weighted by molar-refractivity contribution is 5.97. The summed E-state index contributed by atoms with van der Waals surface area (Å²) in [5.41, 5.74) is 9.24. The molecule has 2 aromatic heterocycles. The molecule has 4 aliphatic rings. The molecule has 3 saturated heterocycles. The fraction of sp³-hybridized carbons (Fsp3) is 0.548. The minimum atomic E-state index is -0.646. The number of aromatic nitrogens is 4. The van der Waals surface area contributed by atoms with E-state index in [0.717, 1.165) is 57.7 Å². The number of nitrogens with two attached hydrogens (primary N) is 1. The first-order chi connectivity index (χ1) is 21.0. The van der Waals surface area contributed by atoms with Crippen molar-refractivity contribution >= 4 is 28.9 Å². The Balaban J connectivity index is 1.08. The second kappa shape index (κ2) is 11.7. The summed E-state index contributed by atoms with van der Waals surface area (Å²) < 4.78 is 5.79. The van der Waals surface area contributed by atoms with Crippen LogP contribution in [0.5, 0.6) is 0 Å². The number of hydrogen-bond acceptors (Lipinski definition) is 10. The van der Waals surface area contributed by atoms with Crippen LogP contribution in [-0.2, 0) is 4.74 Å². The third-order valence-corrected chi connectivity index (χ3v) is 9.78. The predicted octanol–water partition coefficient (Wildman–Crippen LogP) is 2.91. The average Bonchev–Trinajstić information content (AvgIpc) is 3.57. The molecule has 1 saturated carbocycles. The Morgan fingerprint density at radius 2 is 1.77 bits per heavy atom. The number of anilines is 4. The molecule has 4 fully saturated rings. The summed E-state index contributed by atoms with van der Waals surface area (Å²) in [5, 5.41) is 14.0. The minimum Gasteiger partial charge on any atom is -0.381 e. The standard InChI is InChI=1S/C31H42N10O2/c1-39-15-17-41(18-16-39)23-7-13-40(14-8-23)22-4-2-21(3-5-22)34-30-27(28(32)42)36-26(24-6-12-33-38-24)29(37-30)35-25-9-19-43-20-31(25)10-11-31/h2-6,12,23,25H,7-11,13-20H2,1H3,(H2,32,42)(H,33,38)(H2,34,35,37). The average molecular weight is 587 g/mol. The molecule has 1 aliphatic carbocycles. The lowest BCUT2D eigenvalue weighted by Gasteiger charge is -2.42. The lowest BCUT2D eigenvalue weighted by molar-refractivity contribution is 0.0351. The zero-order valence-corrected chi connectivity index (χ0v) is 24.9. The third kappa shape index (κ3) is 5.91. The summed E-state index contributed by atoms with van der Waals surface area (Å²) in [6.07, 6.45) is 7.18. The van der Waals surface area contributed by atoms with Crippen LogP contribution in [0.1, 0.15) is 42.6 Å². The van der Waals surface area contributed by atoms with Crippen molar-refractivity contribution in [3.05, 3.63) is 42.2 Å². The first kappa shape index (κ1) is 28.1. The van der Waals surface area contributed by atoms with E-state index < -0.39 is 5.91 Å². The molecular weight excluding hydrogens is 544 g/mol. The number of rotatable bonds is 8. The minimum absolute atomic E-state index is 0.0818. The van der Waals surface area contributed by atoms with Gasteiger partial charge in [-0.05, 0) is 69.5 Å². The van der Waals surface area contributed by atoms with Crippen molar-refractivity contribution in [3.8, 4) is 11.4 Å². The molecule has 43 heavy (non-hydrogen) atoms. The van der Waals surface area contributed by atoms with Gasteiger partial charge in [-0.15, -0.1) is 0 Å². The number of aromatic amines is 1. The molecule has 0 bridgehead atoms. The van der Waals surface area contributed by atoms with Crippen molar-refractivity contribution in [1.82, 2.24) is 30.0 Å². The maximum atomic E-state index is 12.6. The maximum absolute atomic E-state index is 12.6. The number of carbonyl (C=O) groups is 1. The molecule has 12 heteroatoms. The highest BCUT2D eigenvalue weighted by Crippen LogP contribution is 2.52. The quantitative estimate of drug-likeness (QED) is 0.311. The fourth-order valence-corrected chi connectivity index (χ4v) is 6.87. The van der Waals surface area contributed by atoms with Gasteiger partial charge in [0.25, 0.3) is 5.91 Å². The molecular formula is C31H42N10O2. The van der Waals surface area contributed by atoms with Gasteiger partial charge in [0, 0.05) is 80.9 Å². The van der Waals surface area contributed by atoms with Crippen molar-refractivity contribution in [1.29, 1.82) is 0 Å². The first-order valence-electron chi connectivity index (χ1n) is 15.6. The molecule has 0 radical (unpaired) electrons. The Morgan fingerprint density at radius 1 is 1.00 bits per heavy atom. The Kier molecular flexibility index (Phi) is 7.66. The Labute approximate surface area is 252 Å². The highest BCUT2D eigenvalue weighted by Gasteiger charge is 2.51. The fourth-order valence-electron chi connectivity index (χ4n) is 6.87. The molecule has 1 amide bonds. The van der Waals surface area contributed by atoms with E-state index in [1.807, 2.05) is 18.2 Å². The smallest absolute Gasteiger partial charge is 0.271 e. The number of carbonyl (C=O) groups excluding carboxylic acids is 1. The van der Waals surface area contributed by atoms with Gasteiger partial charge in [-0.3, -0.25) is 14.8 Å². The molecule has 1 unspecified atom stereocenters. The SMILES string of the molecule is CN1CCN(C2CCN(c3ccc(Nc4nc(NC5CCOCC56CC6)c(-c5ccn[nH]5)nc4C(N)=O)cc3)CC2)CC1. The second-order valence-corrected chi connectivity index (χ2v) is 12.6. The Hall–Kier alpha value is -3.74. The highest BCUT2D eigenvalue weighted by atomic mass is 16.5. The van der Waals surface area contributed by atoms with Gasteiger partial charge in [0.15, 0.2) is 17.3 Å². The normalized spacial score (nSPS) is 22.9. The summed E-state index contributed by atoms with van der Waals surface area (Å²) >= 11 is 0. The van der Waals surface area contributed by atoms with Crippen LogP contribution >= 0.6 is 0 Å². The topological polar surface area (TPSA) is 141 Å². The van der Waals surface area contributed by atoms with Crippen molar-refractivity contribution < 1.29 is 9.53 Å². The Bertz CT molecular complexity index is 1410. The number of piperazine rings is 1. The molecule has 228 valence electrons. The number of H-pyrrole nitrogens is 1. The second-order valence-electron chi connectivity index (χ2n) is 12.6. The van der Waals surface area contributed by atoms with E-state index in [1.165, 1.54) is 31.6 Å². The molecule has 7 rings (SSSR count). The molecule has 1 atom stereocenters. The van der Waals surface area contributed by atoms with Crippen LogP contribution in [0.2, 0.25) is 0 Å². The van der Waals surface area contributed by atoms with Crippen LogP contribution in [0.3, 0.4) is 0 Å². The molecule has 12 nitrogen and oxygen atoms in total. The number of benzene rings is 1. The third-order valence-electron chi connectivity index (χ3n) is 9.78. The predicted molar refractivity (Wildman–Crippen MR) is 167 cm³/mol. The summed E-state index contributed by atoms with van der Waals surface area (Å²) in [6.45, 7) is 8.24.